The van der Waals surface area contributed by atoms with Crippen molar-refractivity contribution in [1.82, 2.24) is 9.97 Å². The molecule has 4 nitrogen and oxygen atoms in total. The first kappa shape index (κ1) is 16.5. The number of halogens is 3. The fourth-order valence-corrected chi connectivity index (χ4v) is 2.43. The molecular weight excluding hydrogens is 350 g/mol. The molecule has 3 rings (SSSR count). The zero-order valence-corrected chi connectivity index (χ0v) is 13.9. The van der Waals surface area contributed by atoms with Crippen LogP contribution in [-0.2, 0) is 6.54 Å². The minimum Gasteiger partial charge on any atom is -0.350 e. The molecule has 0 aliphatic rings. The average Bonchev–Trinajstić information content (AvgIpc) is 2.58. The lowest BCUT2D eigenvalue weighted by Crippen LogP contribution is -2.05. The van der Waals surface area contributed by atoms with Gasteiger partial charge in [-0.15, -0.1) is 0 Å². The van der Waals surface area contributed by atoms with Gasteiger partial charge in [0.2, 0.25) is 5.95 Å². The summed E-state index contributed by atoms with van der Waals surface area (Å²) in [6.45, 7) is 0.505. The van der Waals surface area contributed by atoms with Crippen LogP contribution >= 0.6 is 23.2 Å². The molecular formula is C17H13Cl2FN4. The molecule has 0 saturated heterocycles. The number of rotatable bonds is 5. The Hall–Kier alpha value is -2.37. The summed E-state index contributed by atoms with van der Waals surface area (Å²) in [5.41, 5.74) is 1.59. The quantitative estimate of drug-likeness (QED) is 0.648. The predicted octanol–water partition coefficient (Wildman–Crippen LogP) is 5.28. The second-order valence-corrected chi connectivity index (χ2v) is 5.78. The van der Waals surface area contributed by atoms with E-state index in [0.717, 1.165) is 5.56 Å². The number of benzene rings is 2. The van der Waals surface area contributed by atoms with Gasteiger partial charge in [0.15, 0.2) is 0 Å². The summed E-state index contributed by atoms with van der Waals surface area (Å²) in [5, 5.41) is 6.90. The fourth-order valence-electron chi connectivity index (χ4n) is 2.05. The number of nitrogens with one attached hydrogen (secondary N) is 2. The number of aromatic nitrogens is 2. The van der Waals surface area contributed by atoms with E-state index in [-0.39, 0.29) is 5.02 Å². The highest BCUT2D eigenvalue weighted by atomic mass is 35.5. The van der Waals surface area contributed by atoms with Crippen LogP contribution in [0.4, 0.5) is 21.8 Å². The number of hydrogen-bond acceptors (Lipinski definition) is 4. The molecule has 0 spiro atoms. The van der Waals surface area contributed by atoms with Crippen molar-refractivity contribution in [2.45, 2.75) is 6.54 Å². The van der Waals surface area contributed by atoms with E-state index < -0.39 is 5.82 Å². The van der Waals surface area contributed by atoms with E-state index in [1.807, 2.05) is 24.3 Å². The van der Waals surface area contributed by atoms with E-state index in [1.165, 1.54) is 12.1 Å². The minimum atomic E-state index is -0.466. The Morgan fingerprint density at radius 1 is 1.00 bits per heavy atom. The molecule has 0 fully saturated rings. The van der Waals surface area contributed by atoms with Crippen molar-refractivity contribution >= 4 is 40.7 Å². The van der Waals surface area contributed by atoms with E-state index in [0.29, 0.717) is 29.0 Å². The molecule has 0 amide bonds. The number of nitrogens with zero attached hydrogens (tertiary/aromatic N) is 2. The molecule has 1 heterocycles. The van der Waals surface area contributed by atoms with E-state index >= 15 is 0 Å². The van der Waals surface area contributed by atoms with Gasteiger partial charge in [-0.25, -0.2) is 9.37 Å². The van der Waals surface area contributed by atoms with Crippen LogP contribution in [0, 0.1) is 5.82 Å². The largest absolute Gasteiger partial charge is 0.350 e. The maximum absolute atomic E-state index is 13.2. The van der Waals surface area contributed by atoms with Gasteiger partial charge < -0.3 is 10.6 Å². The third-order valence-electron chi connectivity index (χ3n) is 3.24. The van der Waals surface area contributed by atoms with Crippen molar-refractivity contribution < 1.29 is 4.39 Å². The van der Waals surface area contributed by atoms with Crippen LogP contribution in [0.3, 0.4) is 0 Å². The Morgan fingerprint density at radius 2 is 1.83 bits per heavy atom. The van der Waals surface area contributed by atoms with Crippen molar-refractivity contribution in [3.63, 3.8) is 0 Å². The highest BCUT2D eigenvalue weighted by Gasteiger charge is 2.04. The second kappa shape index (κ2) is 7.47. The Morgan fingerprint density at radius 3 is 2.62 bits per heavy atom. The monoisotopic (exact) mass is 362 g/mol. The molecule has 7 heteroatoms. The molecule has 24 heavy (non-hydrogen) atoms. The molecule has 122 valence electrons. The lowest BCUT2D eigenvalue weighted by Gasteiger charge is -2.09. The zero-order chi connectivity index (χ0) is 16.9. The minimum absolute atomic E-state index is 0.0473. The molecule has 0 saturated carbocycles. The van der Waals surface area contributed by atoms with Gasteiger partial charge in [0.25, 0.3) is 0 Å². The number of anilines is 3. The average molecular weight is 363 g/mol. The molecule has 0 aliphatic carbocycles. The van der Waals surface area contributed by atoms with Gasteiger partial charge in [0, 0.05) is 23.5 Å². The van der Waals surface area contributed by atoms with Crippen molar-refractivity contribution in [2.75, 3.05) is 10.6 Å². The third-order valence-corrected chi connectivity index (χ3v) is 3.90. The van der Waals surface area contributed by atoms with Gasteiger partial charge >= 0.3 is 0 Å². The van der Waals surface area contributed by atoms with Gasteiger partial charge in [0.05, 0.1) is 5.02 Å². The molecule has 0 aliphatic heterocycles. The number of hydrogen-bond donors (Lipinski definition) is 2. The van der Waals surface area contributed by atoms with Crippen molar-refractivity contribution in [1.29, 1.82) is 0 Å². The molecule has 0 unspecified atom stereocenters. The van der Waals surface area contributed by atoms with Crippen LogP contribution in [0.5, 0.6) is 0 Å². The van der Waals surface area contributed by atoms with E-state index in [1.54, 1.807) is 18.3 Å². The Labute approximate surface area is 148 Å². The molecule has 0 atom stereocenters. The lowest BCUT2D eigenvalue weighted by atomic mass is 10.2. The summed E-state index contributed by atoms with van der Waals surface area (Å²) in [4.78, 5) is 8.52. The Balaban J connectivity index is 1.69. The molecule has 0 radical (unpaired) electrons. The van der Waals surface area contributed by atoms with Crippen LogP contribution in [0.1, 0.15) is 5.56 Å². The highest BCUT2D eigenvalue weighted by Crippen LogP contribution is 2.22. The Kier molecular flexibility index (Phi) is 5.13. The summed E-state index contributed by atoms with van der Waals surface area (Å²) in [5.74, 6) is 0.550. The van der Waals surface area contributed by atoms with Crippen molar-refractivity contribution in [3.8, 4) is 0 Å². The van der Waals surface area contributed by atoms with Crippen LogP contribution in [-0.4, -0.2) is 9.97 Å². The first-order valence-electron chi connectivity index (χ1n) is 7.14. The van der Waals surface area contributed by atoms with Gasteiger partial charge in [-0.2, -0.15) is 4.98 Å². The predicted molar refractivity (Wildman–Crippen MR) is 95.5 cm³/mol. The zero-order valence-electron chi connectivity index (χ0n) is 12.4. The molecule has 2 aromatic carbocycles. The molecule has 1 aromatic heterocycles. The second-order valence-electron chi connectivity index (χ2n) is 4.96. The van der Waals surface area contributed by atoms with Crippen LogP contribution in [0.2, 0.25) is 10.0 Å². The van der Waals surface area contributed by atoms with E-state index in [9.17, 15) is 4.39 Å². The van der Waals surface area contributed by atoms with Gasteiger partial charge in [0.1, 0.15) is 11.6 Å². The molecule has 3 aromatic rings. The molecule has 2 N–H and O–H groups in total. The first-order chi connectivity index (χ1) is 11.6. The summed E-state index contributed by atoms with van der Waals surface area (Å²) in [6, 6.07) is 13.6. The normalized spacial score (nSPS) is 10.5. The van der Waals surface area contributed by atoms with Gasteiger partial charge in [-0.3, -0.25) is 0 Å². The van der Waals surface area contributed by atoms with Gasteiger partial charge in [-0.05, 0) is 35.9 Å². The van der Waals surface area contributed by atoms with Gasteiger partial charge in [-0.1, -0.05) is 41.4 Å². The highest BCUT2D eigenvalue weighted by molar-refractivity contribution is 6.31. The summed E-state index contributed by atoms with van der Waals surface area (Å²) in [6.07, 6.45) is 1.62. The summed E-state index contributed by atoms with van der Waals surface area (Å²) >= 11 is 11.9. The standard InChI is InChI=1S/C17H13Cl2FN4/c18-13-4-2-1-3-11(13)10-22-17-21-8-7-16(24-17)23-12-5-6-15(20)14(19)9-12/h1-9H,10H2,(H2,21,22,23,24). The van der Waals surface area contributed by atoms with E-state index in [2.05, 4.69) is 20.6 Å². The lowest BCUT2D eigenvalue weighted by molar-refractivity contribution is 0.628. The smallest absolute Gasteiger partial charge is 0.224 e. The summed E-state index contributed by atoms with van der Waals surface area (Å²) < 4.78 is 13.2. The maximum Gasteiger partial charge on any atom is 0.224 e. The van der Waals surface area contributed by atoms with Crippen LogP contribution < -0.4 is 10.6 Å². The first-order valence-corrected chi connectivity index (χ1v) is 7.90. The van der Waals surface area contributed by atoms with Crippen LogP contribution in [0.15, 0.2) is 54.7 Å². The van der Waals surface area contributed by atoms with E-state index in [4.69, 9.17) is 23.2 Å². The Bertz CT molecular complexity index is 857. The topological polar surface area (TPSA) is 49.8 Å². The third kappa shape index (κ3) is 4.13. The fraction of sp³-hybridized carbons (Fsp3) is 0.0588. The maximum atomic E-state index is 13.2. The molecule has 0 bridgehead atoms. The van der Waals surface area contributed by atoms with Crippen molar-refractivity contribution in [2.24, 2.45) is 0 Å². The van der Waals surface area contributed by atoms with Crippen LogP contribution in [0.25, 0.3) is 0 Å². The summed E-state index contributed by atoms with van der Waals surface area (Å²) in [7, 11) is 0. The van der Waals surface area contributed by atoms with Crippen molar-refractivity contribution in [3.05, 3.63) is 76.2 Å². The SMILES string of the molecule is Fc1ccc(Nc2ccnc(NCc3ccccc3Cl)n2)cc1Cl.